The average molecular weight is 329 g/mol. The first kappa shape index (κ1) is 16.8. The van der Waals surface area contributed by atoms with Gasteiger partial charge in [0.25, 0.3) is 0 Å². The summed E-state index contributed by atoms with van der Waals surface area (Å²) in [5.74, 6) is 0.201. The molecule has 1 aromatic carbocycles. The summed E-state index contributed by atoms with van der Waals surface area (Å²) >= 11 is 0. The lowest BCUT2D eigenvalue weighted by Crippen LogP contribution is -2.48. The molecule has 5 heteroatoms. The summed E-state index contributed by atoms with van der Waals surface area (Å²) in [6.07, 6.45) is 6.45. The van der Waals surface area contributed by atoms with E-state index in [-0.39, 0.29) is 17.9 Å². The topological polar surface area (TPSA) is 52.7 Å². The van der Waals surface area contributed by atoms with Crippen molar-refractivity contribution >= 4 is 17.6 Å². The number of likely N-dealkylation sites (tertiary alicyclic amines) is 2. The van der Waals surface area contributed by atoms with Crippen molar-refractivity contribution < 1.29 is 9.59 Å². The fourth-order valence-corrected chi connectivity index (χ4v) is 3.64. The maximum atomic E-state index is 12.8. The molecule has 0 bridgehead atoms. The van der Waals surface area contributed by atoms with Crippen molar-refractivity contribution in [3.8, 4) is 0 Å². The standard InChI is InChI=1S/C19H27N3O2/c23-18(21-12-6-1-2-7-13-21)16-9-8-14-22(15-16)19(24)20-17-10-4-3-5-11-17/h3-5,10-11,16H,1-2,6-9,12-15H2,(H,20,24)/t16-/m1/s1. The summed E-state index contributed by atoms with van der Waals surface area (Å²) in [6.45, 7) is 3.02. The molecule has 0 saturated carbocycles. The Morgan fingerprint density at radius 2 is 1.54 bits per heavy atom. The van der Waals surface area contributed by atoms with E-state index in [0.717, 1.165) is 51.0 Å². The highest BCUT2D eigenvalue weighted by atomic mass is 16.2. The van der Waals surface area contributed by atoms with E-state index in [0.29, 0.717) is 6.54 Å². The molecule has 2 aliphatic heterocycles. The van der Waals surface area contributed by atoms with Crippen LogP contribution < -0.4 is 5.32 Å². The van der Waals surface area contributed by atoms with Gasteiger partial charge in [0, 0.05) is 31.9 Å². The van der Waals surface area contributed by atoms with Gasteiger partial charge in [-0.25, -0.2) is 4.79 Å². The van der Waals surface area contributed by atoms with Gasteiger partial charge in [0.05, 0.1) is 5.92 Å². The number of carbonyl (C=O) groups is 2. The van der Waals surface area contributed by atoms with Gasteiger partial charge in [0.15, 0.2) is 0 Å². The first-order valence-electron chi connectivity index (χ1n) is 9.14. The molecule has 130 valence electrons. The molecular formula is C19H27N3O2. The van der Waals surface area contributed by atoms with E-state index in [1.54, 1.807) is 4.90 Å². The van der Waals surface area contributed by atoms with Gasteiger partial charge < -0.3 is 15.1 Å². The Balaban J connectivity index is 1.57. The Morgan fingerprint density at radius 1 is 0.875 bits per heavy atom. The van der Waals surface area contributed by atoms with Crippen molar-refractivity contribution in [1.82, 2.24) is 9.80 Å². The third-order valence-electron chi connectivity index (χ3n) is 5.00. The van der Waals surface area contributed by atoms with Gasteiger partial charge in [-0.1, -0.05) is 31.0 Å². The van der Waals surface area contributed by atoms with Gasteiger partial charge >= 0.3 is 6.03 Å². The van der Waals surface area contributed by atoms with E-state index >= 15 is 0 Å². The number of hydrogen-bond acceptors (Lipinski definition) is 2. The first-order chi connectivity index (χ1) is 11.7. The Bertz CT molecular complexity index is 553. The summed E-state index contributed by atoms with van der Waals surface area (Å²) < 4.78 is 0. The molecule has 24 heavy (non-hydrogen) atoms. The lowest BCUT2D eigenvalue weighted by molar-refractivity contribution is -0.136. The van der Waals surface area contributed by atoms with Crippen LogP contribution in [0.3, 0.4) is 0 Å². The van der Waals surface area contributed by atoms with Gasteiger partial charge in [-0.3, -0.25) is 4.79 Å². The number of anilines is 1. The molecule has 0 radical (unpaired) electrons. The normalized spacial score (nSPS) is 21.9. The summed E-state index contributed by atoms with van der Waals surface area (Å²) in [5.41, 5.74) is 0.795. The van der Waals surface area contributed by atoms with E-state index in [2.05, 4.69) is 5.32 Å². The van der Waals surface area contributed by atoms with E-state index < -0.39 is 0 Å². The zero-order valence-electron chi connectivity index (χ0n) is 14.2. The lowest BCUT2D eigenvalue weighted by atomic mass is 9.96. The van der Waals surface area contributed by atoms with Crippen molar-refractivity contribution in [2.24, 2.45) is 5.92 Å². The van der Waals surface area contributed by atoms with Crippen LogP contribution in [0.25, 0.3) is 0 Å². The second kappa shape index (κ2) is 8.18. The van der Waals surface area contributed by atoms with Crippen LogP contribution in [0.4, 0.5) is 10.5 Å². The molecule has 2 fully saturated rings. The molecule has 0 aliphatic carbocycles. The maximum Gasteiger partial charge on any atom is 0.321 e. The molecule has 2 heterocycles. The Kier molecular flexibility index (Phi) is 5.72. The van der Waals surface area contributed by atoms with Crippen LogP contribution in [-0.2, 0) is 4.79 Å². The van der Waals surface area contributed by atoms with Gasteiger partial charge in [0.1, 0.15) is 0 Å². The van der Waals surface area contributed by atoms with Crippen LogP contribution in [0.2, 0.25) is 0 Å². The second-order valence-electron chi connectivity index (χ2n) is 6.82. The number of nitrogens with one attached hydrogen (secondary N) is 1. The van der Waals surface area contributed by atoms with Gasteiger partial charge in [0.2, 0.25) is 5.91 Å². The molecule has 1 atom stereocenters. The molecule has 0 spiro atoms. The number of para-hydroxylation sites is 1. The van der Waals surface area contributed by atoms with E-state index in [1.807, 2.05) is 35.2 Å². The highest BCUT2D eigenvalue weighted by molar-refractivity contribution is 5.90. The number of hydrogen-bond donors (Lipinski definition) is 1. The predicted octanol–water partition coefficient (Wildman–Crippen LogP) is 3.33. The van der Waals surface area contributed by atoms with Crippen molar-refractivity contribution in [3.05, 3.63) is 30.3 Å². The maximum absolute atomic E-state index is 12.8. The minimum Gasteiger partial charge on any atom is -0.342 e. The average Bonchev–Trinajstić information content (AvgIpc) is 2.91. The number of amides is 3. The number of carbonyl (C=O) groups excluding carboxylic acids is 2. The SMILES string of the molecule is O=C(Nc1ccccc1)N1CCC[C@@H](C(=O)N2CCCCCC2)C1. The molecule has 3 amide bonds. The summed E-state index contributed by atoms with van der Waals surface area (Å²) in [6, 6.07) is 9.37. The molecule has 0 aromatic heterocycles. The van der Waals surface area contributed by atoms with Crippen molar-refractivity contribution in [2.45, 2.75) is 38.5 Å². The van der Waals surface area contributed by atoms with E-state index in [4.69, 9.17) is 0 Å². The Morgan fingerprint density at radius 3 is 2.25 bits per heavy atom. The summed E-state index contributed by atoms with van der Waals surface area (Å²) in [5, 5.41) is 2.92. The Labute approximate surface area is 144 Å². The van der Waals surface area contributed by atoms with Crippen LogP contribution in [0, 0.1) is 5.92 Å². The van der Waals surface area contributed by atoms with Crippen LogP contribution >= 0.6 is 0 Å². The molecule has 1 N–H and O–H groups in total. The third kappa shape index (κ3) is 4.28. The number of piperidine rings is 1. The van der Waals surface area contributed by atoms with Gasteiger partial charge in [-0.15, -0.1) is 0 Å². The van der Waals surface area contributed by atoms with Crippen LogP contribution in [0.5, 0.6) is 0 Å². The molecule has 3 rings (SSSR count). The predicted molar refractivity (Wildman–Crippen MR) is 94.8 cm³/mol. The molecular weight excluding hydrogens is 302 g/mol. The fourth-order valence-electron chi connectivity index (χ4n) is 3.64. The summed E-state index contributed by atoms with van der Waals surface area (Å²) in [7, 11) is 0. The minimum atomic E-state index is -0.102. The Hall–Kier alpha value is -2.04. The van der Waals surface area contributed by atoms with Crippen LogP contribution in [0.1, 0.15) is 38.5 Å². The zero-order chi connectivity index (χ0) is 16.8. The quantitative estimate of drug-likeness (QED) is 0.905. The molecule has 1 aromatic rings. The summed E-state index contributed by atoms with van der Waals surface area (Å²) in [4.78, 5) is 29.1. The molecule has 5 nitrogen and oxygen atoms in total. The number of benzene rings is 1. The first-order valence-corrected chi connectivity index (χ1v) is 9.14. The third-order valence-corrected chi connectivity index (χ3v) is 5.00. The number of nitrogens with zero attached hydrogens (tertiary/aromatic N) is 2. The molecule has 0 unspecified atom stereocenters. The second-order valence-corrected chi connectivity index (χ2v) is 6.82. The highest BCUT2D eigenvalue weighted by Crippen LogP contribution is 2.21. The minimum absolute atomic E-state index is 0.0432. The van der Waals surface area contributed by atoms with Gasteiger partial charge in [-0.2, -0.15) is 0 Å². The lowest BCUT2D eigenvalue weighted by Gasteiger charge is -2.34. The van der Waals surface area contributed by atoms with Crippen molar-refractivity contribution in [2.75, 3.05) is 31.5 Å². The van der Waals surface area contributed by atoms with Crippen molar-refractivity contribution in [3.63, 3.8) is 0 Å². The molecule has 2 aliphatic rings. The zero-order valence-corrected chi connectivity index (χ0v) is 14.2. The fraction of sp³-hybridized carbons (Fsp3) is 0.579. The number of rotatable bonds is 2. The van der Waals surface area contributed by atoms with Crippen LogP contribution in [0.15, 0.2) is 30.3 Å². The highest BCUT2D eigenvalue weighted by Gasteiger charge is 2.31. The largest absolute Gasteiger partial charge is 0.342 e. The van der Waals surface area contributed by atoms with E-state index in [9.17, 15) is 9.59 Å². The monoisotopic (exact) mass is 329 g/mol. The molecule has 2 saturated heterocycles. The van der Waals surface area contributed by atoms with Crippen LogP contribution in [-0.4, -0.2) is 47.9 Å². The van der Waals surface area contributed by atoms with Gasteiger partial charge in [-0.05, 0) is 37.8 Å². The smallest absolute Gasteiger partial charge is 0.321 e. The van der Waals surface area contributed by atoms with E-state index in [1.165, 1.54) is 12.8 Å². The number of urea groups is 1. The van der Waals surface area contributed by atoms with Crippen molar-refractivity contribution in [1.29, 1.82) is 0 Å².